The Kier molecular flexibility index (Phi) is 15.9. The van der Waals surface area contributed by atoms with Crippen molar-refractivity contribution in [2.24, 2.45) is 5.92 Å². The number of hydrogen-bond donors (Lipinski definition) is 6. The number of carbonyl (C=O) groups is 4. The van der Waals surface area contributed by atoms with E-state index in [0.29, 0.717) is 30.7 Å². The number of rotatable bonds is 9. The van der Waals surface area contributed by atoms with Crippen LogP contribution in [0.4, 0.5) is 9.59 Å². The third-order valence-electron chi connectivity index (χ3n) is 7.15. The zero-order valence-corrected chi connectivity index (χ0v) is 29.6. The minimum Gasteiger partial charge on any atom is -0.491 e. The molecule has 14 nitrogen and oxygen atoms in total. The van der Waals surface area contributed by atoms with Gasteiger partial charge in [0.2, 0.25) is 5.91 Å². The summed E-state index contributed by atoms with van der Waals surface area (Å²) in [7, 11) is 0. The fourth-order valence-electron chi connectivity index (χ4n) is 4.53. The van der Waals surface area contributed by atoms with Crippen molar-refractivity contribution in [3.63, 3.8) is 0 Å². The molecule has 48 heavy (non-hydrogen) atoms. The van der Waals surface area contributed by atoms with Crippen LogP contribution in [0.15, 0.2) is 24.3 Å². The first kappa shape index (κ1) is 40.6. The van der Waals surface area contributed by atoms with E-state index in [1.54, 1.807) is 65.8 Å². The maximum atomic E-state index is 13.6. The van der Waals surface area contributed by atoms with Crippen LogP contribution in [0.3, 0.4) is 0 Å². The number of nitrogens with one attached hydrogen (secondary N) is 4. The van der Waals surface area contributed by atoms with Crippen molar-refractivity contribution < 1.29 is 48.3 Å². The first-order valence-corrected chi connectivity index (χ1v) is 16.6. The zero-order valence-electron chi connectivity index (χ0n) is 29.6. The van der Waals surface area contributed by atoms with Gasteiger partial charge < -0.3 is 50.4 Å². The number of carbonyl (C=O) groups excluding carboxylic acids is 4. The van der Waals surface area contributed by atoms with E-state index in [1.807, 2.05) is 13.8 Å². The van der Waals surface area contributed by atoms with Crippen LogP contribution in [0.25, 0.3) is 0 Å². The lowest BCUT2D eigenvalue weighted by Crippen LogP contribution is -2.56. The predicted molar refractivity (Wildman–Crippen MR) is 178 cm³/mol. The molecule has 1 aromatic rings. The van der Waals surface area contributed by atoms with E-state index in [4.69, 9.17) is 18.9 Å². The van der Waals surface area contributed by atoms with Crippen LogP contribution in [0.2, 0.25) is 0 Å². The third kappa shape index (κ3) is 16.0. The van der Waals surface area contributed by atoms with Crippen LogP contribution in [-0.2, 0) is 30.2 Å². The van der Waals surface area contributed by atoms with E-state index in [9.17, 15) is 29.4 Å². The first-order chi connectivity index (χ1) is 22.3. The number of alkyl carbamates (subject to hydrolysis) is 1. The van der Waals surface area contributed by atoms with Crippen molar-refractivity contribution in [3.8, 4) is 5.75 Å². The molecule has 0 aliphatic carbocycles. The Bertz CT molecular complexity index is 1180. The largest absolute Gasteiger partial charge is 0.491 e. The molecule has 2 heterocycles. The summed E-state index contributed by atoms with van der Waals surface area (Å²) >= 11 is 0. The summed E-state index contributed by atoms with van der Waals surface area (Å²) in [6, 6.07) is 3.55. The summed E-state index contributed by atoms with van der Waals surface area (Å²) in [6.07, 6.45) is -1.57. The third-order valence-corrected chi connectivity index (χ3v) is 7.15. The second kappa shape index (κ2) is 18.8. The number of ether oxygens (including phenoxy) is 4. The van der Waals surface area contributed by atoms with E-state index >= 15 is 0 Å². The molecule has 2 bridgehead atoms. The number of urea groups is 1. The molecular formula is C34H56N4O10. The lowest BCUT2D eigenvalue weighted by molar-refractivity contribution is -0.157. The van der Waals surface area contributed by atoms with Crippen LogP contribution < -0.4 is 26.0 Å². The Labute approximate surface area is 284 Å². The number of esters is 1. The average molecular weight is 681 g/mol. The van der Waals surface area contributed by atoms with Gasteiger partial charge in [-0.05, 0) is 84.4 Å². The van der Waals surface area contributed by atoms with Crippen LogP contribution >= 0.6 is 0 Å². The van der Waals surface area contributed by atoms with E-state index < -0.39 is 65.5 Å². The zero-order chi connectivity index (χ0) is 36.1. The van der Waals surface area contributed by atoms with Crippen molar-refractivity contribution in [1.82, 2.24) is 21.3 Å². The van der Waals surface area contributed by atoms with Gasteiger partial charge in [0.1, 0.15) is 47.9 Å². The molecule has 1 aromatic carbocycles. The Hall–Kier alpha value is -3.62. The number of unbranched alkanes of at least 4 members (excludes halogenated alkanes) is 1. The highest BCUT2D eigenvalue weighted by atomic mass is 16.6. The Morgan fingerprint density at radius 3 is 2.17 bits per heavy atom. The molecular weight excluding hydrogens is 624 g/mol. The van der Waals surface area contributed by atoms with Crippen molar-refractivity contribution >= 4 is 24.0 Å². The van der Waals surface area contributed by atoms with Gasteiger partial charge >= 0.3 is 18.1 Å². The Morgan fingerprint density at radius 1 is 0.938 bits per heavy atom. The highest BCUT2D eigenvalue weighted by molar-refractivity contribution is 5.89. The van der Waals surface area contributed by atoms with Crippen LogP contribution in [0.5, 0.6) is 5.75 Å². The van der Waals surface area contributed by atoms with Crippen molar-refractivity contribution in [1.29, 1.82) is 0 Å². The normalized spacial score (nSPS) is 21.8. The number of amides is 4. The smallest absolute Gasteiger partial charge is 0.407 e. The number of aliphatic hydroxyl groups excluding tert-OH is 2. The van der Waals surface area contributed by atoms with Gasteiger partial charge in [0.15, 0.2) is 0 Å². The second-order valence-corrected chi connectivity index (χ2v) is 14.4. The maximum Gasteiger partial charge on any atom is 0.407 e. The summed E-state index contributed by atoms with van der Waals surface area (Å²) in [5.41, 5.74) is -0.707. The topological polar surface area (TPSA) is 194 Å². The standard InChI is InChI=1S/C34H56N4O10/c1-21(2)26-18-45-19-27(39)28(40)20-46-23-14-12-22(13-15-23)17-25(29(41)36-26)38-31(43)37-24(30(42)47-33(3,4)5)11-9-10-16-35-32(44)48-34(6,7)8/h12-15,21,24-28,39-40H,9-11,16-20H2,1-8H3,(H,35,44)(H,36,41)(H2,37,38,43)/t24?,25-,26-,27?,28?/m1/s1. The van der Waals surface area contributed by atoms with Crippen molar-refractivity contribution in [2.75, 3.05) is 26.4 Å². The molecule has 3 rings (SSSR count). The second-order valence-electron chi connectivity index (χ2n) is 14.4. The van der Waals surface area contributed by atoms with Crippen LogP contribution in [0, 0.1) is 5.92 Å². The van der Waals surface area contributed by atoms with Crippen LogP contribution in [0.1, 0.15) is 80.2 Å². The Morgan fingerprint density at radius 2 is 1.56 bits per heavy atom. The molecule has 0 aromatic heterocycles. The predicted octanol–water partition coefficient (Wildman–Crippen LogP) is 2.57. The maximum absolute atomic E-state index is 13.6. The molecule has 0 saturated heterocycles. The van der Waals surface area contributed by atoms with Gasteiger partial charge in [-0.15, -0.1) is 0 Å². The lowest BCUT2D eigenvalue weighted by atomic mass is 10.0. The summed E-state index contributed by atoms with van der Waals surface area (Å²) in [6.45, 7) is 14.3. The molecule has 0 spiro atoms. The summed E-state index contributed by atoms with van der Waals surface area (Å²) in [5, 5.41) is 31.5. The van der Waals surface area contributed by atoms with Gasteiger partial charge in [-0.3, -0.25) is 4.79 Å². The highest BCUT2D eigenvalue weighted by Gasteiger charge is 2.30. The minimum atomic E-state index is -1.20. The summed E-state index contributed by atoms with van der Waals surface area (Å²) in [5.74, 6) is -0.706. The molecule has 5 atom stereocenters. The van der Waals surface area contributed by atoms with Crippen LogP contribution in [-0.4, -0.2) is 102 Å². The SMILES string of the molecule is CC(C)[C@H]1COCC(O)C(O)COc2ccc(cc2)C[C@@H](NC(=O)NC(CCCCNC(=O)OC(C)(C)C)C(=O)OC(C)(C)C)C(=O)N1. The van der Waals surface area contributed by atoms with Gasteiger partial charge in [-0.2, -0.15) is 0 Å². The average Bonchev–Trinajstić information content (AvgIpc) is 2.96. The van der Waals surface area contributed by atoms with E-state index in [2.05, 4.69) is 21.3 Å². The van der Waals surface area contributed by atoms with Crippen molar-refractivity contribution in [3.05, 3.63) is 29.8 Å². The Balaban J connectivity index is 2.18. The van der Waals surface area contributed by atoms with Gasteiger partial charge in [-0.1, -0.05) is 26.0 Å². The summed E-state index contributed by atoms with van der Waals surface area (Å²) in [4.78, 5) is 52.0. The molecule has 2 aliphatic heterocycles. The minimum absolute atomic E-state index is 0.0597. The molecule has 2 aliphatic rings. The summed E-state index contributed by atoms with van der Waals surface area (Å²) < 4.78 is 22.0. The fourth-order valence-corrected chi connectivity index (χ4v) is 4.53. The molecule has 6 N–H and O–H groups in total. The molecule has 3 unspecified atom stereocenters. The highest BCUT2D eigenvalue weighted by Crippen LogP contribution is 2.16. The molecule has 14 heteroatoms. The quantitative estimate of drug-likeness (QED) is 0.167. The molecule has 0 saturated carbocycles. The van der Waals surface area contributed by atoms with E-state index in [0.717, 1.165) is 0 Å². The van der Waals surface area contributed by atoms with E-state index in [-0.39, 0.29) is 38.6 Å². The fraction of sp³-hybridized carbons (Fsp3) is 0.706. The van der Waals surface area contributed by atoms with Gasteiger partial charge in [-0.25, -0.2) is 14.4 Å². The molecule has 0 radical (unpaired) electrons. The first-order valence-electron chi connectivity index (χ1n) is 16.6. The lowest BCUT2D eigenvalue weighted by Gasteiger charge is -2.28. The molecule has 4 amide bonds. The molecule has 0 fully saturated rings. The number of fused-ring (bicyclic) bond motifs is 13. The number of aliphatic hydroxyl groups is 2. The number of hydrogen-bond acceptors (Lipinski definition) is 10. The monoisotopic (exact) mass is 680 g/mol. The van der Waals surface area contributed by atoms with Gasteiger partial charge in [0.05, 0.1) is 19.3 Å². The van der Waals surface area contributed by atoms with Gasteiger partial charge in [0.25, 0.3) is 0 Å². The van der Waals surface area contributed by atoms with Crippen molar-refractivity contribution in [2.45, 2.75) is 123 Å². The van der Waals surface area contributed by atoms with Gasteiger partial charge in [0, 0.05) is 13.0 Å². The van der Waals surface area contributed by atoms with E-state index in [1.165, 1.54) is 0 Å². The number of benzene rings is 1. The molecule has 272 valence electrons.